The molecule has 3 rings (SSSR count). The van der Waals surface area contributed by atoms with Crippen LogP contribution >= 0.6 is 0 Å². The van der Waals surface area contributed by atoms with E-state index in [4.69, 9.17) is 4.74 Å². The standard InChI is InChI=1S/C24H21FN2O4/c1-16-12-13-21(20(25)14-16)26-22(28)15-31-24(30)19-11-7-6-10-18(19)23(29)27(2)17-8-4-3-5-9-17/h3-14H,15H2,1-2H3,(H,26,28). The molecule has 1 N–H and O–H groups in total. The van der Waals surface area contributed by atoms with E-state index >= 15 is 0 Å². The molecule has 0 saturated heterocycles. The highest BCUT2D eigenvalue weighted by Gasteiger charge is 2.22. The molecule has 0 aliphatic rings. The number of carbonyl (C=O) groups excluding carboxylic acids is 3. The first-order valence-electron chi connectivity index (χ1n) is 9.52. The number of hydrogen-bond donors (Lipinski definition) is 1. The van der Waals surface area contributed by atoms with E-state index in [2.05, 4.69) is 5.32 Å². The molecule has 0 heterocycles. The summed E-state index contributed by atoms with van der Waals surface area (Å²) in [5, 5.41) is 2.36. The zero-order valence-corrected chi connectivity index (χ0v) is 17.1. The van der Waals surface area contributed by atoms with Gasteiger partial charge in [0.05, 0.1) is 16.8 Å². The Labute approximate surface area is 179 Å². The SMILES string of the molecule is Cc1ccc(NC(=O)COC(=O)c2ccccc2C(=O)N(C)c2ccccc2)c(F)c1. The number of carbonyl (C=O) groups is 3. The third-order valence-corrected chi connectivity index (χ3v) is 4.56. The van der Waals surface area contributed by atoms with E-state index in [0.717, 1.165) is 0 Å². The Morgan fingerprint density at radius 2 is 1.58 bits per heavy atom. The van der Waals surface area contributed by atoms with Crippen molar-refractivity contribution in [3.63, 3.8) is 0 Å². The number of para-hydroxylation sites is 1. The predicted molar refractivity (Wildman–Crippen MR) is 116 cm³/mol. The van der Waals surface area contributed by atoms with Gasteiger partial charge in [-0.2, -0.15) is 0 Å². The van der Waals surface area contributed by atoms with Gasteiger partial charge in [0.25, 0.3) is 11.8 Å². The van der Waals surface area contributed by atoms with Crippen molar-refractivity contribution < 1.29 is 23.5 Å². The molecule has 0 atom stereocenters. The number of nitrogens with zero attached hydrogens (tertiary/aromatic N) is 1. The minimum atomic E-state index is -0.829. The Hall–Kier alpha value is -4.00. The number of esters is 1. The Bertz CT molecular complexity index is 1120. The lowest BCUT2D eigenvalue weighted by Crippen LogP contribution is -2.28. The van der Waals surface area contributed by atoms with Crippen molar-refractivity contribution in [3.8, 4) is 0 Å². The van der Waals surface area contributed by atoms with Gasteiger partial charge in [0.1, 0.15) is 5.82 Å². The van der Waals surface area contributed by atoms with E-state index in [9.17, 15) is 18.8 Å². The molecule has 0 aromatic heterocycles. The first kappa shape index (κ1) is 21.7. The minimum absolute atomic E-state index is 0.00767. The van der Waals surface area contributed by atoms with Gasteiger partial charge >= 0.3 is 5.97 Å². The molecule has 0 spiro atoms. The fraction of sp³-hybridized carbons (Fsp3) is 0.125. The van der Waals surface area contributed by atoms with Crippen molar-refractivity contribution >= 4 is 29.2 Å². The van der Waals surface area contributed by atoms with E-state index in [1.54, 1.807) is 56.4 Å². The van der Waals surface area contributed by atoms with Gasteiger partial charge in [-0.3, -0.25) is 9.59 Å². The smallest absolute Gasteiger partial charge is 0.339 e. The third kappa shape index (κ3) is 5.33. The number of anilines is 2. The number of aryl methyl sites for hydroxylation is 1. The molecule has 2 amide bonds. The van der Waals surface area contributed by atoms with Crippen LogP contribution in [-0.2, 0) is 9.53 Å². The Morgan fingerprint density at radius 1 is 0.935 bits per heavy atom. The first-order valence-corrected chi connectivity index (χ1v) is 9.52. The second kappa shape index (κ2) is 9.67. The molecule has 3 aromatic carbocycles. The van der Waals surface area contributed by atoms with Crippen molar-refractivity contribution in [2.24, 2.45) is 0 Å². The van der Waals surface area contributed by atoms with Crippen molar-refractivity contribution in [2.45, 2.75) is 6.92 Å². The van der Waals surface area contributed by atoms with Gasteiger partial charge < -0.3 is 15.0 Å². The van der Waals surface area contributed by atoms with E-state index in [1.165, 1.54) is 29.2 Å². The van der Waals surface area contributed by atoms with Gasteiger partial charge in [0.15, 0.2) is 6.61 Å². The molecule has 6 nitrogen and oxygen atoms in total. The summed E-state index contributed by atoms with van der Waals surface area (Å²) < 4.78 is 18.9. The Morgan fingerprint density at radius 3 is 2.26 bits per heavy atom. The average Bonchev–Trinajstić information content (AvgIpc) is 2.79. The monoisotopic (exact) mass is 420 g/mol. The van der Waals surface area contributed by atoms with Crippen LogP contribution < -0.4 is 10.2 Å². The summed E-state index contributed by atoms with van der Waals surface area (Å²) >= 11 is 0. The van der Waals surface area contributed by atoms with E-state index in [-0.39, 0.29) is 16.8 Å². The zero-order chi connectivity index (χ0) is 22.4. The lowest BCUT2D eigenvalue weighted by Gasteiger charge is -2.18. The van der Waals surface area contributed by atoms with Crippen LogP contribution in [0, 0.1) is 12.7 Å². The van der Waals surface area contributed by atoms with Crippen LogP contribution in [0.2, 0.25) is 0 Å². The number of benzene rings is 3. The molecule has 0 radical (unpaired) electrons. The van der Waals surface area contributed by atoms with Gasteiger partial charge in [-0.1, -0.05) is 36.4 Å². The lowest BCUT2D eigenvalue weighted by molar-refractivity contribution is -0.119. The van der Waals surface area contributed by atoms with Crippen LogP contribution in [0.3, 0.4) is 0 Å². The average molecular weight is 420 g/mol. The maximum Gasteiger partial charge on any atom is 0.339 e. The number of amides is 2. The topological polar surface area (TPSA) is 75.7 Å². The molecule has 0 saturated carbocycles. The molecule has 0 aliphatic heterocycles. The van der Waals surface area contributed by atoms with Gasteiger partial charge in [0.2, 0.25) is 0 Å². The van der Waals surface area contributed by atoms with Gasteiger partial charge in [-0.25, -0.2) is 9.18 Å². The van der Waals surface area contributed by atoms with E-state index < -0.39 is 30.2 Å². The second-order valence-electron chi connectivity index (χ2n) is 6.85. The van der Waals surface area contributed by atoms with Crippen molar-refractivity contribution in [1.29, 1.82) is 0 Å². The lowest BCUT2D eigenvalue weighted by atomic mass is 10.1. The number of halogens is 1. The number of rotatable bonds is 6. The molecule has 0 fully saturated rings. The second-order valence-corrected chi connectivity index (χ2v) is 6.85. The van der Waals surface area contributed by atoms with Crippen LogP contribution in [0.5, 0.6) is 0 Å². The van der Waals surface area contributed by atoms with Gasteiger partial charge in [-0.15, -0.1) is 0 Å². The molecule has 7 heteroatoms. The fourth-order valence-corrected chi connectivity index (χ4v) is 2.91. The van der Waals surface area contributed by atoms with Crippen molar-refractivity contribution in [1.82, 2.24) is 0 Å². The summed E-state index contributed by atoms with van der Waals surface area (Å²) in [6, 6.07) is 19.5. The van der Waals surface area contributed by atoms with Crippen LogP contribution in [0.4, 0.5) is 15.8 Å². The summed E-state index contributed by atoms with van der Waals surface area (Å²) in [6.07, 6.45) is 0. The highest BCUT2D eigenvalue weighted by atomic mass is 19.1. The zero-order valence-electron chi connectivity index (χ0n) is 17.1. The molecular formula is C24H21FN2O4. The van der Waals surface area contributed by atoms with E-state index in [0.29, 0.717) is 11.3 Å². The maximum atomic E-state index is 13.9. The molecule has 158 valence electrons. The molecule has 0 bridgehead atoms. The van der Waals surface area contributed by atoms with E-state index in [1.807, 2.05) is 6.07 Å². The molecular weight excluding hydrogens is 399 g/mol. The fourth-order valence-electron chi connectivity index (χ4n) is 2.91. The molecule has 31 heavy (non-hydrogen) atoms. The van der Waals surface area contributed by atoms with Crippen molar-refractivity contribution in [2.75, 3.05) is 23.9 Å². The summed E-state index contributed by atoms with van der Waals surface area (Å²) in [5.74, 6) is -2.50. The summed E-state index contributed by atoms with van der Waals surface area (Å²) in [4.78, 5) is 38.9. The first-order chi connectivity index (χ1) is 14.9. The van der Waals surface area contributed by atoms with Crippen LogP contribution in [-0.4, -0.2) is 31.4 Å². The quantitative estimate of drug-likeness (QED) is 0.607. The third-order valence-electron chi connectivity index (χ3n) is 4.56. The highest BCUT2D eigenvalue weighted by molar-refractivity contribution is 6.12. The number of nitrogens with one attached hydrogen (secondary N) is 1. The van der Waals surface area contributed by atoms with Crippen molar-refractivity contribution in [3.05, 3.63) is 95.3 Å². The summed E-state index contributed by atoms with van der Waals surface area (Å²) in [5.41, 5.74) is 1.54. The van der Waals surface area contributed by atoms with Crippen LogP contribution in [0.15, 0.2) is 72.8 Å². The Balaban J connectivity index is 1.68. The summed E-state index contributed by atoms with van der Waals surface area (Å²) in [7, 11) is 1.60. The van der Waals surface area contributed by atoms with Gasteiger partial charge in [0, 0.05) is 12.7 Å². The minimum Gasteiger partial charge on any atom is -0.452 e. The maximum absolute atomic E-state index is 13.9. The summed E-state index contributed by atoms with van der Waals surface area (Å²) in [6.45, 7) is 1.10. The van der Waals surface area contributed by atoms with Gasteiger partial charge in [-0.05, 0) is 48.9 Å². The number of ether oxygens (including phenoxy) is 1. The normalized spacial score (nSPS) is 10.3. The highest BCUT2D eigenvalue weighted by Crippen LogP contribution is 2.19. The number of hydrogen-bond acceptors (Lipinski definition) is 4. The van der Waals surface area contributed by atoms with Crippen LogP contribution in [0.1, 0.15) is 26.3 Å². The Kier molecular flexibility index (Phi) is 6.77. The predicted octanol–water partition coefficient (Wildman–Crippen LogP) is 4.21. The van der Waals surface area contributed by atoms with Crippen LogP contribution in [0.25, 0.3) is 0 Å². The molecule has 0 unspecified atom stereocenters. The molecule has 3 aromatic rings. The molecule has 0 aliphatic carbocycles. The largest absolute Gasteiger partial charge is 0.452 e.